The van der Waals surface area contributed by atoms with Gasteiger partial charge >= 0.3 is 6.03 Å². The highest BCUT2D eigenvalue weighted by Gasteiger charge is 2.27. The number of amides is 2. The summed E-state index contributed by atoms with van der Waals surface area (Å²) in [7, 11) is 0. The summed E-state index contributed by atoms with van der Waals surface area (Å²) in [6.07, 6.45) is 3.90. The molecule has 7 heteroatoms. The highest BCUT2D eigenvalue weighted by Crippen LogP contribution is 2.28. The lowest BCUT2D eigenvalue weighted by Gasteiger charge is -2.31. The SMILES string of the molecule is CCn1c(SC)nnc1C1CCN(C(=O)NCc2ccccc2)CC1. The van der Waals surface area contributed by atoms with Gasteiger partial charge in [0.05, 0.1) is 0 Å². The molecule has 1 aromatic heterocycles. The Morgan fingerprint density at radius 2 is 1.96 bits per heavy atom. The summed E-state index contributed by atoms with van der Waals surface area (Å²) < 4.78 is 2.19. The standard InChI is InChI=1S/C18H25N5OS/c1-3-23-16(20-21-18(23)25-2)15-9-11-22(12-10-15)17(24)19-13-14-7-5-4-6-8-14/h4-8,15H,3,9-13H2,1-2H3,(H,19,24). The second-order valence-corrected chi connectivity index (χ2v) is 6.97. The Hall–Kier alpha value is -2.02. The van der Waals surface area contributed by atoms with Gasteiger partial charge in [0.1, 0.15) is 5.82 Å². The molecule has 1 saturated heterocycles. The molecule has 0 aliphatic carbocycles. The molecule has 0 saturated carbocycles. The lowest BCUT2D eigenvalue weighted by atomic mass is 9.96. The molecule has 25 heavy (non-hydrogen) atoms. The largest absolute Gasteiger partial charge is 0.334 e. The minimum absolute atomic E-state index is 0.0177. The van der Waals surface area contributed by atoms with E-state index in [2.05, 4.69) is 27.0 Å². The first kappa shape index (κ1) is 17.8. The Kier molecular flexibility index (Phi) is 5.96. The first-order chi connectivity index (χ1) is 12.2. The quantitative estimate of drug-likeness (QED) is 0.833. The van der Waals surface area contributed by atoms with E-state index in [1.54, 1.807) is 11.8 Å². The molecule has 1 N–H and O–H groups in total. The van der Waals surface area contributed by atoms with Crippen LogP contribution >= 0.6 is 11.8 Å². The van der Waals surface area contributed by atoms with Gasteiger partial charge in [-0.3, -0.25) is 0 Å². The maximum absolute atomic E-state index is 12.4. The number of rotatable bonds is 5. The zero-order valence-electron chi connectivity index (χ0n) is 14.8. The van der Waals surface area contributed by atoms with Gasteiger partial charge in [0, 0.05) is 32.1 Å². The van der Waals surface area contributed by atoms with Gasteiger partial charge in [-0.15, -0.1) is 10.2 Å². The van der Waals surface area contributed by atoms with Gasteiger partial charge in [-0.05, 0) is 31.6 Å². The summed E-state index contributed by atoms with van der Waals surface area (Å²) >= 11 is 1.63. The van der Waals surface area contributed by atoms with E-state index in [4.69, 9.17) is 0 Å². The van der Waals surface area contributed by atoms with E-state index in [0.717, 1.165) is 49.0 Å². The van der Waals surface area contributed by atoms with Crippen molar-refractivity contribution in [2.24, 2.45) is 0 Å². The number of hydrogen-bond acceptors (Lipinski definition) is 4. The van der Waals surface area contributed by atoms with Gasteiger partial charge in [-0.25, -0.2) is 4.79 Å². The Morgan fingerprint density at radius 3 is 2.60 bits per heavy atom. The van der Waals surface area contributed by atoms with Crippen LogP contribution in [0.5, 0.6) is 0 Å². The molecule has 0 radical (unpaired) electrons. The smallest absolute Gasteiger partial charge is 0.317 e. The number of nitrogens with one attached hydrogen (secondary N) is 1. The average molecular weight is 359 g/mol. The van der Waals surface area contributed by atoms with Crippen LogP contribution in [0.15, 0.2) is 35.5 Å². The van der Waals surface area contributed by atoms with Crippen LogP contribution in [0.3, 0.4) is 0 Å². The summed E-state index contributed by atoms with van der Waals surface area (Å²) in [5.41, 5.74) is 1.12. The third kappa shape index (κ3) is 4.15. The zero-order chi connectivity index (χ0) is 17.6. The number of carbonyl (C=O) groups excluding carboxylic acids is 1. The van der Waals surface area contributed by atoms with Crippen molar-refractivity contribution < 1.29 is 4.79 Å². The summed E-state index contributed by atoms with van der Waals surface area (Å²) in [5, 5.41) is 12.7. The van der Waals surface area contributed by atoms with Crippen molar-refractivity contribution in [3.63, 3.8) is 0 Å². The number of thioether (sulfide) groups is 1. The Morgan fingerprint density at radius 1 is 1.24 bits per heavy atom. The first-order valence-corrected chi connectivity index (χ1v) is 9.99. The molecule has 1 fully saturated rings. The Labute approximate surface area is 153 Å². The van der Waals surface area contributed by atoms with Gasteiger partial charge in [-0.2, -0.15) is 0 Å². The molecular weight excluding hydrogens is 334 g/mol. The number of hydrogen-bond donors (Lipinski definition) is 1. The van der Waals surface area contributed by atoms with E-state index in [9.17, 15) is 4.79 Å². The normalized spacial score (nSPS) is 15.4. The number of benzene rings is 1. The van der Waals surface area contributed by atoms with Crippen molar-refractivity contribution in [2.75, 3.05) is 19.3 Å². The molecule has 2 aromatic rings. The number of aromatic nitrogens is 3. The van der Waals surface area contributed by atoms with E-state index >= 15 is 0 Å². The van der Waals surface area contributed by atoms with Crippen molar-refractivity contribution in [3.8, 4) is 0 Å². The van der Waals surface area contributed by atoms with Crippen LogP contribution in [0.4, 0.5) is 4.79 Å². The van der Waals surface area contributed by atoms with E-state index in [1.165, 1.54) is 0 Å². The molecule has 1 aliphatic heterocycles. The molecule has 1 aromatic carbocycles. The fourth-order valence-electron chi connectivity index (χ4n) is 3.28. The minimum Gasteiger partial charge on any atom is -0.334 e. The fraction of sp³-hybridized carbons (Fsp3) is 0.500. The first-order valence-electron chi connectivity index (χ1n) is 8.76. The van der Waals surface area contributed by atoms with Crippen molar-refractivity contribution in [1.82, 2.24) is 25.0 Å². The summed E-state index contributed by atoms with van der Waals surface area (Å²) in [6, 6.07) is 10.0. The van der Waals surface area contributed by atoms with Crippen LogP contribution in [-0.4, -0.2) is 45.0 Å². The number of carbonyl (C=O) groups is 1. The maximum Gasteiger partial charge on any atom is 0.317 e. The average Bonchev–Trinajstić information content (AvgIpc) is 3.10. The van der Waals surface area contributed by atoms with Crippen molar-refractivity contribution in [2.45, 2.75) is 43.9 Å². The predicted molar refractivity (Wildman–Crippen MR) is 99.7 cm³/mol. The van der Waals surface area contributed by atoms with E-state index in [-0.39, 0.29) is 6.03 Å². The molecule has 6 nitrogen and oxygen atoms in total. The summed E-state index contributed by atoms with van der Waals surface area (Å²) in [6.45, 7) is 5.10. The van der Waals surface area contributed by atoms with Crippen molar-refractivity contribution in [3.05, 3.63) is 41.7 Å². The number of urea groups is 1. The van der Waals surface area contributed by atoms with Crippen LogP contribution in [0.1, 0.15) is 37.1 Å². The fourth-order valence-corrected chi connectivity index (χ4v) is 3.84. The Bertz CT molecular complexity index is 695. The van der Waals surface area contributed by atoms with Crippen LogP contribution in [0, 0.1) is 0 Å². The Balaban J connectivity index is 1.53. The van der Waals surface area contributed by atoms with Gasteiger partial charge in [0.25, 0.3) is 0 Å². The second-order valence-electron chi connectivity index (χ2n) is 6.19. The number of piperidine rings is 1. The third-order valence-electron chi connectivity index (χ3n) is 4.68. The molecule has 0 atom stereocenters. The number of likely N-dealkylation sites (tertiary alicyclic amines) is 1. The van der Waals surface area contributed by atoms with Gasteiger partial charge in [0.15, 0.2) is 5.16 Å². The molecular formula is C18H25N5OS. The topological polar surface area (TPSA) is 63.1 Å². The molecule has 0 bridgehead atoms. The molecule has 3 rings (SSSR count). The van der Waals surface area contributed by atoms with Crippen LogP contribution in [0.25, 0.3) is 0 Å². The summed E-state index contributed by atoms with van der Waals surface area (Å²) in [4.78, 5) is 14.3. The summed E-state index contributed by atoms with van der Waals surface area (Å²) in [5.74, 6) is 1.45. The van der Waals surface area contributed by atoms with Gasteiger partial charge in [0.2, 0.25) is 0 Å². The van der Waals surface area contributed by atoms with Gasteiger partial charge in [-0.1, -0.05) is 42.1 Å². The molecule has 0 unspecified atom stereocenters. The van der Waals surface area contributed by atoms with Crippen molar-refractivity contribution in [1.29, 1.82) is 0 Å². The zero-order valence-corrected chi connectivity index (χ0v) is 15.6. The molecule has 1 aliphatic rings. The van der Waals surface area contributed by atoms with E-state index in [1.807, 2.05) is 41.5 Å². The highest BCUT2D eigenvalue weighted by molar-refractivity contribution is 7.98. The van der Waals surface area contributed by atoms with E-state index in [0.29, 0.717) is 12.5 Å². The highest BCUT2D eigenvalue weighted by atomic mass is 32.2. The second kappa shape index (κ2) is 8.38. The maximum atomic E-state index is 12.4. The van der Waals surface area contributed by atoms with Gasteiger partial charge < -0.3 is 14.8 Å². The lowest BCUT2D eigenvalue weighted by molar-refractivity contribution is 0.179. The van der Waals surface area contributed by atoms with E-state index < -0.39 is 0 Å². The van der Waals surface area contributed by atoms with Crippen LogP contribution in [-0.2, 0) is 13.1 Å². The molecule has 134 valence electrons. The lowest BCUT2D eigenvalue weighted by Crippen LogP contribution is -2.44. The molecule has 0 spiro atoms. The van der Waals surface area contributed by atoms with Crippen molar-refractivity contribution >= 4 is 17.8 Å². The minimum atomic E-state index is 0.0177. The van der Waals surface area contributed by atoms with Crippen LogP contribution in [0.2, 0.25) is 0 Å². The molecule has 2 amide bonds. The predicted octanol–water partition coefficient (Wildman–Crippen LogP) is 3.11. The number of nitrogens with zero attached hydrogens (tertiary/aromatic N) is 4. The van der Waals surface area contributed by atoms with Crippen LogP contribution < -0.4 is 5.32 Å². The third-order valence-corrected chi connectivity index (χ3v) is 5.35. The monoisotopic (exact) mass is 359 g/mol. The molecule has 2 heterocycles.